The Labute approximate surface area is 197 Å². The molecule has 0 aliphatic heterocycles. The first-order valence-electron chi connectivity index (χ1n) is 9.51. The van der Waals surface area contributed by atoms with E-state index in [9.17, 15) is 22.4 Å². The minimum Gasteiger partial charge on any atom is -0.331 e. The van der Waals surface area contributed by atoms with Gasteiger partial charge in [-0.3, -0.25) is 9.59 Å². The molecule has 1 amide bonds. The summed E-state index contributed by atoms with van der Waals surface area (Å²) in [6.45, 7) is -0.00546. The van der Waals surface area contributed by atoms with Crippen molar-refractivity contribution in [3.63, 3.8) is 0 Å². The second kappa shape index (κ2) is 8.66. The van der Waals surface area contributed by atoms with Crippen LogP contribution in [-0.2, 0) is 16.6 Å². The fourth-order valence-electron chi connectivity index (χ4n) is 3.66. The Morgan fingerprint density at radius 1 is 1.15 bits per heavy atom. The molecule has 2 N–H and O–H groups in total. The van der Waals surface area contributed by atoms with Crippen LogP contribution < -0.4 is 10.3 Å². The standard InChI is InChI=1S/C22H16Cl2FN3O4S/c1-33(31,32)27-22(30)20-19(15-3-2-8-26-21(15)29)16-9-13(23)5-7-18(16)28(20)11-12-4-6-14(25)10-17(12)24/h2-10H,11H2,1H3,(H,26,29)(H,27,30). The Morgan fingerprint density at radius 2 is 1.91 bits per heavy atom. The van der Waals surface area contributed by atoms with Gasteiger partial charge in [-0.05, 0) is 48.0 Å². The van der Waals surface area contributed by atoms with Crippen molar-refractivity contribution in [2.45, 2.75) is 6.54 Å². The molecule has 0 aliphatic rings. The van der Waals surface area contributed by atoms with Crippen LogP contribution in [0.25, 0.3) is 22.0 Å². The van der Waals surface area contributed by atoms with Crippen LogP contribution in [0.15, 0.2) is 59.5 Å². The van der Waals surface area contributed by atoms with E-state index in [1.807, 2.05) is 4.72 Å². The molecule has 0 saturated heterocycles. The maximum Gasteiger partial charge on any atom is 0.282 e. The van der Waals surface area contributed by atoms with Gasteiger partial charge in [-0.1, -0.05) is 29.3 Å². The number of hydrogen-bond acceptors (Lipinski definition) is 4. The topological polar surface area (TPSA) is 101 Å². The number of nitrogens with zero attached hydrogens (tertiary/aromatic N) is 1. The van der Waals surface area contributed by atoms with E-state index in [-0.39, 0.29) is 28.4 Å². The molecule has 7 nitrogen and oxygen atoms in total. The monoisotopic (exact) mass is 507 g/mol. The summed E-state index contributed by atoms with van der Waals surface area (Å²) in [4.78, 5) is 28.4. The van der Waals surface area contributed by atoms with Crippen molar-refractivity contribution < 1.29 is 17.6 Å². The lowest BCUT2D eigenvalue weighted by Gasteiger charge is -2.13. The fourth-order valence-corrected chi connectivity index (χ4v) is 4.49. The quantitative estimate of drug-likeness (QED) is 0.423. The number of carbonyl (C=O) groups is 1. The lowest BCUT2D eigenvalue weighted by molar-refractivity contribution is 0.0974. The number of sulfonamides is 1. The highest BCUT2D eigenvalue weighted by Crippen LogP contribution is 2.36. The summed E-state index contributed by atoms with van der Waals surface area (Å²) in [5.41, 5.74) is 0.754. The van der Waals surface area contributed by atoms with Gasteiger partial charge >= 0.3 is 0 Å². The molecule has 0 aliphatic carbocycles. The highest BCUT2D eigenvalue weighted by atomic mass is 35.5. The SMILES string of the molecule is CS(=O)(=O)NC(=O)c1c(-c2ccc[nH]c2=O)c2cc(Cl)ccc2n1Cc1ccc(F)cc1Cl. The van der Waals surface area contributed by atoms with E-state index in [0.717, 1.165) is 12.3 Å². The average Bonchev–Trinajstić information content (AvgIpc) is 3.02. The van der Waals surface area contributed by atoms with E-state index in [1.165, 1.54) is 29.0 Å². The van der Waals surface area contributed by atoms with Crippen molar-refractivity contribution in [1.82, 2.24) is 14.3 Å². The fraction of sp³-hybridized carbons (Fsp3) is 0.0909. The van der Waals surface area contributed by atoms with Crippen LogP contribution >= 0.6 is 23.2 Å². The molecule has 0 radical (unpaired) electrons. The van der Waals surface area contributed by atoms with Crippen LogP contribution in [0.5, 0.6) is 0 Å². The molecule has 2 heterocycles. The molecule has 0 saturated carbocycles. The number of aromatic nitrogens is 2. The largest absolute Gasteiger partial charge is 0.331 e. The number of fused-ring (bicyclic) bond motifs is 1. The number of amides is 1. The second-order valence-electron chi connectivity index (χ2n) is 7.32. The van der Waals surface area contributed by atoms with E-state index in [4.69, 9.17) is 23.2 Å². The Morgan fingerprint density at radius 3 is 2.58 bits per heavy atom. The van der Waals surface area contributed by atoms with E-state index in [2.05, 4.69) is 4.98 Å². The summed E-state index contributed by atoms with van der Waals surface area (Å²) >= 11 is 12.4. The Balaban J connectivity index is 2.09. The Hall–Kier alpha value is -3.14. The lowest BCUT2D eigenvalue weighted by atomic mass is 10.0. The molecule has 0 fully saturated rings. The highest BCUT2D eigenvalue weighted by Gasteiger charge is 2.27. The normalized spacial score (nSPS) is 11.6. The van der Waals surface area contributed by atoms with Gasteiger partial charge in [0, 0.05) is 44.8 Å². The van der Waals surface area contributed by atoms with Gasteiger partial charge in [0.1, 0.15) is 11.5 Å². The molecule has 2 aromatic carbocycles. The molecule has 2 aromatic heterocycles. The summed E-state index contributed by atoms with van der Waals surface area (Å²) in [5, 5.41) is 0.929. The van der Waals surface area contributed by atoms with Crippen LogP contribution in [0, 0.1) is 5.82 Å². The van der Waals surface area contributed by atoms with Gasteiger partial charge in [-0.15, -0.1) is 0 Å². The molecule has 0 atom stereocenters. The number of halogens is 3. The minimum atomic E-state index is -3.93. The van der Waals surface area contributed by atoms with E-state index >= 15 is 0 Å². The molecule has 4 rings (SSSR count). The van der Waals surface area contributed by atoms with Crippen LogP contribution in [0.2, 0.25) is 10.0 Å². The maximum atomic E-state index is 13.6. The van der Waals surface area contributed by atoms with Gasteiger partial charge in [-0.25, -0.2) is 17.5 Å². The average molecular weight is 508 g/mol. The van der Waals surface area contributed by atoms with Crippen molar-refractivity contribution in [2.75, 3.05) is 6.26 Å². The minimum absolute atomic E-state index is 0.00546. The van der Waals surface area contributed by atoms with Crippen molar-refractivity contribution in [2.24, 2.45) is 0 Å². The van der Waals surface area contributed by atoms with Crippen LogP contribution in [-0.4, -0.2) is 30.1 Å². The van der Waals surface area contributed by atoms with Gasteiger partial charge in [0.05, 0.1) is 6.26 Å². The van der Waals surface area contributed by atoms with Gasteiger partial charge in [0.25, 0.3) is 11.5 Å². The lowest BCUT2D eigenvalue weighted by Crippen LogP contribution is -2.32. The predicted octanol–water partition coefficient (Wildman–Crippen LogP) is 4.18. The summed E-state index contributed by atoms with van der Waals surface area (Å²) in [7, 11) is -3.93. The van der Waals surface area contributed by atoms with Crippen LogP contribution in [0.1, 0.15) is 16.1 Å². The summed E-state index contributed by atoms with van der Waals surface area (Å²) in [5.74, 6) is -1.47. The van der Waals surface area contributed by atoms with Crippen molar-refractivity contribution in [3.8, 4) is 11.1 Å². The number of H-pyrrole nitrogens is 1. The number of aromatic amines is 1. The number of pyridine rings is 1. The van der Waals surface area contributed by atoms with Gasteiger partial charge < -0.3 is 9.55 Å². The molecule has 0 spiro atoms. The third-order valence-electron chi connectivity index (χ3n) is 4.95. The summed E-state index contributed by atoms with van der Waals surface area (Å²) < 4.78 is 40.8. The first-order chi connectivity index (χ1) is 15.5. The molecule has 11 heteroatoms. The van der Waals surface area contributed by atoms with Crippen LogP contribution in [0.3, 0.4) is 0 Å². The molecule has 33 heavy (non-hydrogen) atoms. The second-order valence-corrected chi connectivity index (χ2v) is 9.92. The first-order valence-corrected chi connectivity index (χ1v) is 12.2. The van der Waals surface area contributed by atoms with E-state index in [0.29, 0.717) is 21.5 Å². The number of nitrogens with one attached hydrogen (secondary N) is 2. The molecule has 4 aromatic rings. The van der Waals surface area contributed by atoms with Crippen molar-refractivity contribution >= 4 is 50.0 Å². The molecular weight excluding hydrogens is 492 g/mol. The first kappa shape index (κ1) is 23.0. The van der Waals surface area contributed by atoms with E-state index < -0.39 is 27.3 Å². The molecule has 170 valence electrons. The number of hydrogen-bond donors (Lipinski definition) is 2. The Kier molecular flexibility index (Phi) is 6.04. The zero-order chi connectivity index (χ0) is 23.9. The Bertz CT molecular complexity index is 1580. The highest BCUT2D eigenvalue weighted by molar-refractivity contribution is 7.89. The van der Waals surface area contributed by atoms with E-state index in [1.54, 1.807) is 24.3 Å². The third-order valence-corrected chi connectivity index (χ3v) is 6.09. The van der Waals surface area contributed by atoms with Crippen molar-refractivity contribution in [1.29, 1.82) is 0 Å². The van der Waals surface area contributed by atoms with Gasteiger partial charge in [-0.2, -0.15) is 0 Å². The molecular formula is C22H16Cl2FN3O4S. The smallest absolute Gasteiger partial charge is 0.282 e. The van der Waals surface area contributed by atoms with Crippen LogP contribution in [0.4, 0.5) is 4.39 Å². The summed E-state index contributed by atoms with van der Waals surface area (Å²) in [6.07, 6.45) is 2.28. The molecule has 0 unspecified atom stereocenters. The van der Waals surface area contributed by atoms with Crippen molar-refractivity contribution in [3.05, 3.63) is 92.2 Å². The number of benzene rings is 2. The third kappa shape index (κ3) is 4.66. The zero-order valence-corrected chi connectivity index (χ0v) is 19.4. The number of carbonyl (C=O) groups excluding carboxylic acids is 1. The summed E-state index contributed by atoms with van der Waals surface area (Å²) in [6, 6.07) is 11.8. The predicted molar refractivity (Wildman–Crippen MR) is 126 cm³/mol. The maximum absolute atomic E-state index is 13.6. The number of rotatable bonds is 5. The molecule has 0 bridgehead atoms. The zero-order valence-electron chi connectivity index (χ0n) is 17.0. The van der Waals surface area contributed by atoms with Gasteiger partial charge in [0.15, 0.2) is 0 Å². The van der Waals surface area contributed by atoms with Gasteiger partial charge in [0.2, 0.25) is 10.0 Å².